The summed E-state index contributed by atoms with van der Waals surface area (Å²) in [6, 6.07) is 3.87. The summed E-state index contributed by atoms with van der Waals surface area (Å²) in [4.78, 5) is 4.16. The number of pyridine rings is 1. The van der Waals surface area contributed by atoms with Crippen LogP contribution in [0.3, 0.4) is 0 Å². The first-order valence-corrected chi connectivity index (χ1v) is 5.08. The fraction of sp³-hybridized carbons (Fsp3) is 0.444. The fourth-order valence-electron chi connectivity index (χ4n) is 0.934. The largest absolute Gasteiger partial charge is 0.396 e. The SMILES string of the molecule is OCCCCNc1ccc(Br)cn1. The predicted octanol–water partition coefficient (Wildman–Crippen LogP) is 2.03. The fourth-order valence-corrected chi connectivity index (χ4v) is 1.17. The Bertz CT molecular complexity index is 238. The van der Waals surface area contributed by atoms with Crippen LogP contribution in [0.1, 0.15) is 12.8 Å². The van der Waals surface area contributed by atoms with Crippen molar-refractivity contribution in [1.29, 1.82) is 0 Å². The van der Waals surface area contributed by atoms with E-state index < -0.39 is 0 Å². The van der Waals surface area contributed by atoms with Crippen LogP contribution in [-0.4, -0.2) is 23.2 Å². The summed E-state index contributed by atoms with van der Waals surface area (Å²) in [7, 11) is 0. The van der Waals surface area contributed by atoms with Gasteiger partial charge in [0.15, 0.2) is 0 Å². The summed E-state index contributed by atoms with van der Waals surface area (Å²) in [5.41, 5.74) is 0. The van der Waals surface area contributed by atoms with Gasteiger partial charge >= 0.3 is 0 Å². The zero-order valence-corrected chi connectivity index (χ0v) is 8.92. The molecule has 1 aromatic heterocycles. The van der Waals surface area contributed by atoms with E-state index in [0.717, 1.165) is 29.7 Å². The minimum absolute atomic E-state index is 0.259. The summed E-state index contributed by atoms with van der Waals surface area (Å²) in [5, 5.41) is 11.7. The molecule has 0 aliphatic heterocycles. The molecule has 4 heteroatoms. The van der Waals surface area contributed by atoms with Crippen molar-refractivity contribution in [2.75, 3.05) is 18.5 Å². The first-order chi connectivity index (χ1) is 6.33. The summed E-state index contributed by atoms with van der Waals surface area (Å²) in [6.07, 6.45) is 3.56. The highest BCUT2D eigenvalue weighted by Gasteiger charge is 1.92. The third-order valence-electron chi connectivity index (χ3n) is 1.62. The average molecular weight is 245 g/mol. The van der Waals surface area contributed by atoms with Crippen LogP contribution in [-0.2, 0) is 0 Å². The maximum atomic E-state index is 8.55. The molecule has 0 aromatic carbocycles. The van der Waals surface area contributed by atoms with Crippen LogP contribution < -0.4 is 5.32 Å². The van der Waals surface area contributed by atoms with Crippen LogP contribution in [0.15, 0.2) is 22.8 Å². The summed E-state index contributed by atoms with van der Waals surface area (Å²) in [6.45, 7) is 1.12. The van der Waals surface area contributed by atoms with E-state index in [-0.39, 0.29) is 6.61 Å². The number of hydrogen-bond donors (Lipinski definition) is 2. The van der Waals surface area contributed by atoms with Crippen LogP contribution in [0.25, 0.3) is 0 Å². The second-order valence-electron chi connectivity index (χ2n) is 2.72. The van der Waals surface area contributed by atoms with Crippen molar-refractivity contribution in [2.24, 2.45) is 0 Å². The number of nitrogens with zero attached hydrogens (tertiary/aromatic N) is 1. The van der Waals surface area contributed by atoms with E-state index in [1.54, 1.807) is 6.20 Å². The molecule has 72 valence electrons. The Kier molecular flexibility index (Phi) is 4.78. The van der Waals surface area contributed by atoms with Crippen LogP contribution in [0.2, 0.25) is 0 Å². The monoisotopic (exact) mass is 244 g/mol. The van der Waals surface area contributed by atoms with Crippen molar-refractivity contribution in [3.63, 3.8) is 0 Å². The van der Waals surface area contributed by atoms with Gasteiger partial charge in [0.25, 0.3) is 0 Å². The smallest absolute Gasteiger partial charge is 0.125 e. The number of rotatable bonds is 5. The van der Waals surface area contributed by atoms with E-state index in [1.165, 1.54) is 0 Å². The van der Waals surface area contributed by atoms with Crippen LogP contribution in [0.4, 0.5) is 5.82 Å². The molecular weight excluding hydrogens is 232 g/mol. The molecule has 1 rings (SSSR count). The van der Waals surface area contributed by atoms with E-state index in [0.29, 0.717) is 0 Å². The Labute approximate surface area is 86.3 Å². The van der Waals surface area contributed by atoms with Gasteiger partial charge in [0, 0.05) is 23.8 Å². The lowest BCUT2D eigenvalue weighted by atomic mass is 10.3. The van der Waals surface area contributed by atoms with Gasteiger partial charge in [0.05, 0.1) is 0 Å². The number of aliphatic hydroxyl groups is 1. The molecule has 0 saturated carbocycles. The Balaban J connectivity index is 2.25. The number of aromatic nitrogens is 1. The molecule has 0 aliphatic carbocycles. The molecule has 2 N–H and O–H groups in total. The molecule has 0 fully saturated rings. The minimum atomic E-state index is 0.259. The van der Waals surface area contributed by atoms with Crippen LogP contribution >= 0.6 is 15.9 Å². The van der Waals surface area contributed by atoms with Crippen LogP contribution in [0, 0.1) is 0 Å². The van der Waals surface area contributed by atoms with Crippen molar-refractivity contribution in [1.82, 2.24) is 4.98 Å². The Morgan fingerprint density at radius 1 is 1.38 bits per heavy atom. The van der Waals surface area contributed by atoms with Gasteiger partial charge in [-0.05, 0) is 40.9 Å². The van der Waals surface area contributed by atoms with E-state index >= 15 is 0 Å². The predicted molar refractivity (Wildman–Crippen MR) is 56.7 cm³/mol. The van der Waals surface area contributed by atoms with E-state index in [2.05, 4.69) is 26.2 Å². The molecule has 1 heterocycles. The summed E-state index contributed by atoms with van der Waals surface area (Å²) in [5.74, 6) is 0.876. The normalized spacial score (nSPS) is 10.0. The summed E-state index contributed by atoms with van der Waals surface area (Å²) < 4.78 is 0.980. The number of halogens is 1. The molecule has 13 heavy (non-hydrogen) atoms. The van der Waals surface area contributed by atoms with E-state index in [1.807, 2.05) is 12.1 Å². The minimum Gasteiger partial charge on any atom is -0.396 e. The zero-order chi connectivity index (χ0) is 9.52. The molecule has 1 aromatic rings. The first kappa shape index (κ1) is 10.5. The van der Waals surface area contributed by atoms with Crippen molar-refractivity contribution < 1.29 is 5.11 Å². The molecular formula is C9H13BrN2O. The van der Waals surface area contributed by atoms with Gasteiger partial charge in [-0.3, -0.25) is 0 Å². The lowest BCUT2D eigenvalue weighted by Crippen LogP contribution is -2.03. The van der Waals surface area contributed by atoms with Gasteiger partial charge in [-0.15, -0.1) is 0 Å². The quantitative estimate of drug-likeness (QED) is 0.780. The topological polar surface area (TPSA) is 45.1 Å². The highest BCUT2D eigenvalue weighted by atomic mass is 79.9. The van der Waals surface area contributed by atoms with Gasteiger partial charge in [-0.1, -0.05) is 0 Å². The van der Waals surface area contributed by atoms with E-state index in [9.17, 15) is 0 Å². The number of anilines is 1. The Hall–Kier alpha value is -0.610. The highest BCUT2D eigenvalue weighted by Crippen LogP contribution is 2.10. The molecule has 0 spiro atoms. The second-order valence-corrected chi connectivity index (χ2v) is 3.63. The maximum Gasteiger partial charge on any atom is 0.125 e. The van der Waals surface area contributed by atoms with Gasteiger partial charge in [-0.2, -0.15) is 0 Å². The lowest BCUT2D eigenvalue weighted by molar-refractivity contribution is 0.286. The van der Waals surface area contributed by atoms with Gasteiger partial charge in [-0.25, -0.2) is 4.98 Å². The number of nitrogens with one attached hydrogen (secondary N) is 1. The molecule has 0 atom stereocenters. The molecule has 0 aliphatic rings. The Morgan fingerprint density at radius 3 is 2.85 bits per heavy atom. The van der Waals surface area contributed by atoms with Crippen molar-refractivity contribution >= 4 is 21.7 Å². The highest BCUT2D eigenvalue weighted by molar-refractivity contribution is 9.10. The maximum absolute atomic E-state index is 8.55. The standard InChI is InChI=1S/C9H13BrN2O/c10-8-3-4-9(12-7-8)11-5-1-2-6-13/h3-4,7,13H,1-2,5-6H2,(H,11,12). The molecule has 0 unspecified atom stereocenters. The number of unbranched alkanes of at least 4 members (excludes halogenated alkanes) is 1. The first-order valence-electron chi connectivity index (χ1n) is 4.29. The number of aliphatic hydroxyl groups excluding tert-OH is 1. The average Bonchev–Trinajstić information content (AvgIpc) is 2.15. The third kappa shape index (κ3) is 4.24. The molecule has 0 saturated heterocycles. The van der Waals surface area contributed by atoms with Crippen molar-refractivity contribution in [3.8, 4) is 0 Å². The zero-order valence-electron chi connectivity index (χ0n) is 7.33. The second kappa shape index (κ2) is 5.94. The molecule has 0 amide bonds. The molecule has 0 radical (unpaired) electrons. The van der Waals surface area contributed by atoms with Gasteiger partial charge < -0.3 is 10.4 Å². The lowest BCUT2D eigenvalue weighted by Gasteiger charge is -2.03. The van der Waals surface area contributed by atoms with Crippen LogP contribution in [0.5, 0.6) is 0 Å². The Morgan fingerprint density at radius 2 is 2.23 bits per heavy atom. The molecule has 0 bridgehead atoms. The molecule has 3 nitrogen and oxygen atoms in total. The van der Waals surface area contributed by atoms with Gasteiger partial charge in [0.1, 0.15) is 5.82 Å². The van der Waals surface area contributed by atoms with Gasteiger partial charge in [0.2, 0.25) is 0 Å². The third-order valence-corrected chi connectivity index (χ3v) is 2.09. The van der Waals surface area contributed by atoms with Crippen molar-refractivity contribution in [2.45, 2.75) is 12.8 Å². The summed E-state index contributed by atoms with van der Waals surface area (Å²) >= 11 is 3.32. The van der Waals surface area contributed by atoms with E-state index in [4.69, 9.17) is 5.11 Å². The number of hydrogen-bond acceptors (Lipinski definition) is 3. The van der Waals surface area contributed by atoms with Crippen molar-refractivity contribution in [3.05, 3.63) is 22.8 Å².